The van der Waals surface area contributed by atoms with Crippen LogP contribution < -0.4 is 0 Å². The topological polar surface area (TPSA) is 77.9 Å². The molecule has 1 saturated heterocycles. The zero-order chi connectivity index (χ0) is 14.6. The van der Waals surface area contributed by atoms with Gasteiger partial charge in [-0.3, -0.25) is 4.79 Å². The van der Waals surface area contributed by atoms with Crippen molar-refractivity contribution < 1.29 is 18.3 Å². The molecule has 7 heteroatoms. The zero-order valence-corrected chi connectivity index (χ0v) is 12.7. The summed E-state index contributed by atoms with van der Waals surface area (Å²) in [6.07, 6.45) is 1.59. The molecule has 112 valence electrons. The normalized spacial score (nSPS) is 19.2. The van der Waals surface area contributed by atoms with Crippen molar-refractivity contribution in [2.24, 2.45) is 11.8 Å². The number of piperidine rings is 1. The molecule has 0 spiro atoms. The highest BCUT2D eigenvalue weighted by atomic mass is 32.2. The van der Waals surface area contributed by atoms with Gasteiger partial charge in [-0.2, -0.15) is 17.0 Å². The van der Waals surface area contributed by atoms with Crippen molar-refractivity contribution in [3.8, 4) is 0 Å². The summed E-state index contributed by atoms with van der Waals surface area (Å²) >= 11 is 0. The van der Waals surface area contributed by atoms with Gasteiger partial charge in [0.25, 0.3) is 10.2 Å². The highest BCUT2D eigenvalue weighted by molar-refractivity contribution is 7.86. The summed E-state index contributed by atoms with van der Waals surface area (Å²) in [6, 6.07) is 0. The molecule has 0 aromatic carbocycles. The van der Waals surface area contributed by atoms with E-state index in [1.165, 1.54) is 11.4 Å². The molecular formula is C12H24N2O4S. The van der Waals surface area contributed by atoms with Gasteiger partial charge in [0.05, 0.1) is 6.42 Å². The first kappa shape index (κ1) is 16.4. The molecule has 0 bridgehead atoms. The van der Waals surface area contributed by atoms with Crippen LogP contribution >= 0.6 is 0 Å². The molecule has 0 unspecified atom stereocenters. The average molecular weight is 292 g/mol. The zero-order valence-electron chi connectivity index (χ0n) is 11.9. The first-order chi connectivity index (χ1) is 8.75. The molecule has 1 heterocycles. The van der Waals surface area contributed by atoms with Crippen molar-refractivity contribution in [3.05, 3.63) is 0 Å². The van der Waals surface area contributed by atoms with Gasteiger partial charge in [0.15, 0.2) is 0 Å². The van der Waals surface area contributed by atoms with E-state index < -0.39 is 16.2 Å². The maximum absolute atomic E-state index is 12.2. The molecule has 1 aliphatic rings. The van der Waals surface area contributed by atoms with Gasteiger partial charge in [0, 0.05) is 26.7 Å². The second-order valence-electron chi connectivity index (χ2n) is 5.45. The Labute approximate surface area is 115 Å². The number of hydrogen-bond donors (Lipinski definition) is 1. The lowest BCUT2D eigenvalue weighted by molar-refractivity contribution is -0.137. The second-order valence-corrected chi connectivity index (χ2v) is 7.49. The van der Waals surface area contributed by atoms with Gasteiger partial charge in [-0.25, -0.2) is 0 Å². The van der Waals surface area contributed by atoms with Crippen molar-refractivity contribution in [1.29, 1.82) is 0 Å². The summed E-state index contributed by atoms with van der Waals surface area (Å²) in [5, 5.41) is 8.60. The van der Waals surface area contributed by atoms with E-state index >= 15 is 0 Å². The van der Waals surface area contributed by atoms with Crippen LogP contribution in [-0.4, -0.2) is 54.8 Å². The summed E-state index contributed by atoms with van der Waals surface area (Å²) < 4.78 is 27.1. The molecule has 0 aromatic heterocycles. The monoisotopic (exact) mass is 292 g/mol. The quantitative estimate of drug-likeness (QED) is 0.792. The lowest BCUT2D eigenvalue weighted by Crippen LogP contribution is -2.46. The number of aliphatic carboxylic acids is 1. The predicted octanol–water partition coefficient (Wildman–Crippen LogP) is 1.01. The smallest absolute Gasteiger partial charge is 0.304 e. The van der Waals surface area contributed by atoms with Crippen LogP contribution in [0.4, 0.5) is 0 Å². The molecule has 1 fully saturated rings. The van der Waals surface area contributed by atoms with Gasteiger partial charge in [0.2, 0.25) is 0 Å². The van der Waals surface area contributed by atoms with Gasteiger partial charge in [-0.05, 0) is 24.7 Å². The maximum atomic E-state index is 12.2. The Balaban J connectivity index is 2.57. The Morgan fingerprint density at radius 3 is 2.32 bits per heavy atom. The molecule has 19 heavy (non-hydrogen) atoms. The van der Waals surface area contributed by atoms with Crippen LogP contribution in [0.3, 0.4) is 0 Å². The highest BCUT2D eigenvalue weighted by Gasteiger charge is 2.31. The van der Waals surface area contributed by atoms with Crippen molar-refractivity contribution in [2.45, 2.75) is 33.1 Å². The van der Waals surface area contributed by atoms with Crippen LogP contribution in [0.5, 0.6) is 0 Å². The Morgan fingerprint density at radius 2 is 1.89 bits per heavy atom. The fourth-order valence-corrected chi connectivity index (χ4v) is 3.73. The lowest BCUT2D eigenvalue weighted by atomic mass is 9.87. The van der Waals surface area contributed by atoms with Crippen LogP contribution in [0, 0.1) is 11.8 Å². The number of carboxylic acid groups (broad SMARTS) is 1. The van der Waals surface area contributed by atoms with E-state index in [0.29, 0.717) is 24.9 Å². The Kier molecular flexibility index (Phi) is 5.76. The van der Waals surface area contributed by atoms with E-state index in [0.717, 1.165) is 17.1 Å². The summed E-state index contributed by atoms with van der Waals surface area (Å²) in [4.78, 5) is 10.5. The second kappa shape index (κ2) is 6.67. The molecule has 1 rings (SSSR count). The van der Waals surface area contributed by atoms with Crippen LogP contribution in [-0.2, 0) is 15.0 Å². The fourth-order valence-electron chi connectivity index (χ4n) is 2.34. The lowest BCUT2D eigenvalue weighted by Gasteiger charge is -2.35. The van der Waals surface area contributed by atoms with Crippen LogP contribution in [0.25, 0.3) is 0 Å². The largest absolute Gasteiger partial charge is 0.481 e. The summed E-state index contributed by atoms with van der Waals surface area (Å²) in [6.45, 7) is 5.40. The number of carbonyl (C=O) groups is 1. The fraction of sp³-hybridized carbons (Fsp3) is 0.917. The van der Waals surface area contributed by atoms with Crippen LogP contribution in [0.15, 0.2) is 0 Å². The van der Waals surface area contributed by atoms with Gasteiger partial charge in [0.1, 0.15) is 0 Å². The third kappa shape index (κ3) is 4.43. The van der Waals surface area contributed by atoms with Gasteiger partial charge in [-0.1, -0.05) is 13.8 Å². The molecule has 0 radical (unpaired) electrons. The molecule has 0 atom stereocenters. The molecule has 1 N–H and O–H groups in total. The van der Waals surface area contributed by atoms with Crippen LogP contribution in [0.2, 0.25) is 0 Å². The summed E-state index contributed by atoms with van der Waals surface area (Å²) in [7, 11) is -2.07. The molecular weight excluding hydrogens is 268 g/mol. The first-order valence-corrected chi connectivity index (χ1v) is 8.08. The molecule has 0 saturated carbocycles. The van der Waals surface area contributed by atoms with Gasteiger partial charge < -0.3 is 5.11 Å². The van der Waals surface area contributed by atoms with Crippen molar-refractivity contribution in [2.75, 3.05) is 26.7 Å². The summed E-state index contributed by atoms with van der Waals surface area (Å²) in [5.41, 5.74) is 0. The van der Waals surface area contributed by atoms with Gasteiger partial charge in [-0.15, -0.1) is 0 Å². The Bertz CT molecular complexity index is 400. The predicted molar refractivity (Wildman–Crippen MR) is 72.9 cm³/mol. The molecule has 6 nitrogen and oxygen atoms in total. The van der Waals surface area contributed by atoms with Crippen LogP contribution in [0.1, 0.15) is 33.1 Å². The van der Waals surface area contributed by atoms with Gasteiger partial charge >= 0.3 is 5.97 Å². The highest BCUT2D eigenvalue weighted by Crippen LogP contribution is 2.26. The standard InChI is InChI=1S/C12H24N2O4S/c1-10(2)11-4-8-14(9-5-11)19(17,18)13(3)7-6-12(15)16/h10-11H,4-9H2,1-3H3,(H,15,16). The number of rotatable bonds is 6. The number of nitrogens with zero attached hydrogens (tertiary/aromatic N) is 2. The molecule has 1 aliphatic heterocycles. The van der Waals surface area contributed by atoms with Crippen molar-refractivity contribution in [1.82, 2.24) is 8.61 Å². The average Bonchev–Trinajstić information content (AvgIpc) is 2.35. The van der Waals surface area contributed by atoms with E-state index in [4.69, 9.17) is 5.11 Å². The van der Waals surface area contributed by atoms with Crippen molar-refractivity contribution in [3.63, 3.8) is 0 Å². The van der Waals surface area contributed by atoms with Crippen molar-refractivity contribution >= 4 is 16.2 Å². The third-order valence-electron chi connectivity index (χ3n) is 3.80. The number of hydrogen-bond acceptors (Lipinski definition) is 3. The minimum Gasteiger partial charge on any atom is -0.481 e. The maximum Gasteiger partial charge on any atom is 0.304 e. The molecule has 0 aliphatic carbocycles. The first-order valence-electron chi connectivity index (χ1n) is 6.68. The van der Waals surface area contributed by atoms with E-state index in [1.807, 2.05) is 0 Å². The third-order valence-corrected chi connectivity index (χ3v) is 5.79. The Morgan fingerprint density at radius 1 is 1.37 bits per heavy atom. The number of carboxylic acids is 1. The molecule has 0 aromatic rings. The van der Waals surface area contributed by atoms with E-state index in [9.17, 15) is 13.2 Å². The SMILES string of the molecule is CC(C)C1CCN(S(=O)(=O)N(C)CCC(=O)O)CC1. The van der Waals surface area contributed by atoms with E-state index in [-0.39, 0.29) is 13.0 Å². The summed E-state index contributed by atoms with van der Waals surface area (Å²) in [5.74, 6) is 0.172. The van der Waals surface area contributed by atoms with E-state index in [1.54, 1.807) is 0 Å². The van der Waals surface area contributed by atoms with E-state index in [2.05, 4.69) is 13.8 Å². The molecule has 0 amide bonds. The Hall–Kier alpha value is -0.660. The minimum absolute atomic E-state index is 0.0157. The minimum atomic E-state index is -3.50.